The minimum atomic E-state index is -0.754. The van der Waals surface area contributed by atoms with E-state index in [1.54, 1.807) is 13.8 Å². The Bertz CT molecular complexity index is 140. The Morgan fingerprint density at radius 1 is 1.18 bits per heavy atom. The SMILES string of the molecule is CC(C)(O)C(C)(C)OC1CC1. The minimum Gasteiger partial charge on any atom is -0.387 e. The molecule has 1 aliphatic carbocycles. The number of ether oxygens (including phenoxy) is 1. The van der Waals surface area contributed by atoms with Gasteiger partial charge in [-0.15, -0.1) is 0 Å². The van der Waals surface area contributed by atoms with Gasteiger partial charge in [0.2, 0.25) is 0 Å². The summed E-state index contributed by atoms with van der Waals surface area (Å²) in [7, 11) is 0. The molecule has 1 fully saturated rings. The van der Waals surface area contributed by atoms with E-state index in [4.69, 9.17) is 4.74 Å². The van der Waals surface area contributed by atoms with Crippen molar-refractivity contribution in [2.45, 2.75) is 57.8 Å². The summed E-state index contributed by atoms with van der Waals surface area (Å²) in [5.41, 5.74) is -1.18. The first-order valence-electron chi connectivity index (χ1n) is 4.23. The van der Waals surface area contributed by atoms with Gasteiger partial charge in [-0.05, 0) is 40.5 Å². The summed E-state index contributed by atoms with van der Waals surface area (Å²) in [6.07, 6.45) is 2.70. The summed E-state index contributed by atoms with van der Waals surface area (Å²) in [5, 5.41) is 9.70. The lowest BCUT2D eigenvalue weighted by atomic mass is 9.89. The van der Waals surface area contributed by atoms with Gasteiger partial charge in [-0.25, -0.2) is 0 Å². The van der Waals surface area contributed by atoms with Crippen molar-refractivity contribution in [3.05, 3.63) is 0 Å². The van der Waals surface area contributed by atoms with Crippen LogP contribution < -0.4 is 0 Å². The van der Waals surface area contributed by atoms with E-state index in [2.05, 4.69) is 0 Å². The van der Waals surface area contributed by atoms with Gasteiger partial charge in [-0.2, -0.15) is 0 Å². The van der Waals surface area contributed by atoms with Crippen molar-refractivity contribution in [1.29, 1.82) is 0 Å². The summed E-state index contributed by atoms with van der Waals surface area (Å²) in [4.78, 5) is 0. The normalized spacial score (nSPS) is 20.5. The Hall–Kier alpha value is -0.0800. The van der Waals surface area contributed by atoms with Gasteiger partial charge in [-0.1, -0.05) is 0 Å². The van der Waals surface area contributed by atoms with Crippen molar-refractivity contribution in [3.8, 4) is 0 Å². The zero-order chi connectivity index (χ0) is 8.70. The maximum Gasteiger partial charge on any atom is 0.0910 e. The van der Waals surface area contributed by atoms with Crippen LogP contribution in [0.5, 0.6) is 0 Å². The Morgan fingerprint density at radius 2 is 1.64 bits per heavy atom. The molecule has 0 aromatic rings. The van der Waals surface area contributed by atoms with Gasteiger partial charge in [0.1, 0.15) is 0 Å². The summed E-state index contributed by atoms with van der Waals surface area (Å²) in [6, 6.07) is 0. The van der Waals surface area contributed by atoms with Crippen molar-refractivity contribution in [2.75, 3.05) is 0 Å². The Kier molecular flexibility index (Phi) is 2.01. The molecule has 1 aliphatic rings. The topological polar surface area (TPSA) is 29.5 Å². The molecule has 0 heterocycles. The number of hydrogen-bond acceptors (Lipinski definition) is 2. The lowest BCUT2D eigenvalue weighted by molar-refractivity contribution is -0.153. The molecular weight excluding hydrogens is 140 g/mol. The van der Waals surface area contributed by atoms with Gasteiger partial charge in [0.25, 0.3) is 0 Å². The smallest absolute Gasteiger partial charge is 0.0910 e. The second-order valence-electron chi connectivity index (χ2n) is 4.39. The third-order valence-corrected chi connectivity index (χ3v) is 2.46. The highest BCUT2D eigenvalue weighted by atomic mass is 16.5. The predicted octanol–water partition coefficient (Wildman–Crippen LogP) is 1.71. The fourth-order valence-corrected chi connectivity index (χ4v) is 0.747. The van der Waals surface area contributed by atoms with E-state index < -0.39 is 11.2 Å². The third kappa shape index (κ3) is 2.17. The standard InChI is InChI=1S/C9H18O2/c1-8(2,10)9(3,4)11-7-5-6-7/h7,10H,5-6H2,1-4H3. The summed E-state index contributed by atoms with van der Waals surface area (Å²) in [6.45, 7) is 7.45. The molecule has 0 bridgehead atoms. The van der Waals surface area contributed by atoms with Crippen LogP contribution in [-0.4, -0.2) is 22.4 Å². The zero-order valence-electron chi connectivity index (χ0n) is 7.85. The van der Waals surface area contributed by atoms with Crippen molar-refractivity contribution >= 4 is 0 Å². The monoisotopic (exact) mass is 158 g/mol. The second-order valence-corrected chi connectivity index (χ2v) is 4.39. The first kappa shape index (κ1) is 9.01. The number of rotatable bonds is 3. The molecule has 66 valence electrons. The molecule has 0 atom stereocenters. The van der Waals surface area contributed by atoms with E-state index >= 15 is 0 Å². The molecule has 0 aromatic heterocycles. The molecular formula is C9H18O2. The maximum atomic E-state index is 9.70. The summed E-state index contributed by atoms with van der Waals surface area (Å²) >= 11 is 0. The largest absolute Gasteiger partial charge is 0.387 e. The molecule has 0 aliphatic heterocycles. The number of aliphatic hydroxyl groups is 1. The molecule has 0 saturated heterocycles. The first-order chi connectivity index (χ1) is 4.83. The third-order valence-electron chi connectivity index (χ3n) is 2.46. The molecule has 0 unspecified atom stereocenters. The fraction of sp³-hybridized carbons (Fsp3) is 1.00. The highest BCUT2D eigenvalue weighted by molar-refractivity contribution is 4.90. The van der Waals surface area contributed by atoms with Gasteiger partial charge in [0.15, 0.2) is 0 Å². The van der Waals surface area contributed by atoms with Crippen LogP contribution in [0.2, 0.25) is 0 Å². The van der Waals surface area contributed by atoms with Gasteiger partial charge in [-0.3, -0.25) is 0 Å². The van der Waals surface area contributed by atoms with Gasteiger partial charge in [0.05, 0.1) is 17.3 Å². The molecule has 0 amide bonds. The van der Waals surface area contributed by atoms with Crippen LogP contribution in [0.3, 0.4) is 0 Å². The Balaban J connectivity index is 2.49. The van der Waals surface area contributed by atoms with E-state index in [1.165, 1.54) is 0 Å². The molecule has 1 saturated carbocycles. The summed E-state index contributed by atoms with van der Waals surface area (Å²) < 4.78 is 5.66. The first-order valence-corrected chi connectivity index (χ1v) is 4.23. The lowest BCUT2D eigenvalue weighted by Gasteiger charge is -2.37. The maximum absolute atomic E-state index is 9.70. The Labute approximate surface area is 68.6 Å². The van der Waals surface area contributed by atoms with Gasteiger partial charge in [0, 0.05) is 0 Å². The van der Waals surface area contributed by atoms with Crippen molar-refractivity contribution in [3.63, 3.8) is 0 Å². The van der Waals surface area contributed by atoms with Crippen molar-refractivity contribution in [2.24, 2.45) is 0 Å². The molecule has 11 heavy (non-hydrogen) atoms. The van der Waals surface area contributed by atoms with E-state index in [9.17, 15) is 5.11 Å². The average molecular weight is 158 g/mol. The van der Waals surface area contributed by atoms with Crippen LogP contribution in [0, 0.1) is 0 Å². The second kappa shape index (κ2) is 2.46. The van der Waals surface area contributed by atoms with Crippen molar-refractivity contribution < 1.29 is 9.84 Å². The quantitative estimate of drug-likeness (QED) is 0.677. The van der Waals surface area contributed by atoms with Gasteiger partial charge < -0.3 is 9.84 Å². The van der Waals surface area contributed by atoms with E-state index in [1.807, 2.05) is 13.8 Å². The lowest BCUT2D eigenvalue weighted by Crippen LogP contribution is -2.47. The fourth-order valence-electron chi connectivity index (χ4n) is 0.747. The van der Waals surface area contributed by atoms with Crippen LogP contribution in [0.25, 0.3) is 0 Å². The molecule has 0 spiro atoms. The van der Waals surface area contributed by atoms with Crippen LogP contribution in [0.15, 0.2) is 0 Å². The molecule has 2 nitrogen and oxygen atoms in total. The highest BCUT2D eigenvalue weighted by Crippen LogP contribution is 2.34. The van der Waals surface area contributed by atoms with Crippen LogP contribution in [-0.2, 0) is 4.74 Å². The predicted molar refractivity (Wildman–Crippen MR) is 44.5 cm³/mol. The average Bonchev–Trinajstić information content (AvgIpc) is 2.45. The van der Waals surface area contributed by atoms with Crippen LogP contribution in [0.4, 0.5) is 0 Å². The van der Waals surface area contributed by atoms with E-state index in [0.717, 1.165) is 12.8 Å². The van der Waals surface area contributed by atoms with Crippen LogP contribution >= 0.6 is 0 Å². The molecule has 1 rings (SSSR count). The minimum absolute atomic E-state index is 0.399. The summed E-state index contributed by atoms with van der Waals surface area (Å²) in [5.74, 6) is 0. The molecule has 2 heteroatoms. The number of hydrogen-bond donors (Lipinski definition) is 1. The van der Waals surface area contributed by atoms with Crippen molar-refractivity contribution in [1.82, 2.24) is 0 Å². The Morgan fingerprint density at radius 3 is 1.91 bits per heavy atom. The highest BCUT2D eigenvalue weighted by Gasteiger charge is 2.40. The molecule has 0 aromatic carbocycles. The molecule has 0 radical (unpaired) electrons. The van der Waals surface area contributed by atoms with E-state index in [-0.39, 0.29) is 0 Å². The van der Waals surface area contributed by atoms with E-state index in [0.29, 0.717) is 6.10 Å². The zero-order valence-corrected chi connectivity index (χ0v) is 7.85. The molecule has 1 N–H and O–H groups in total. The van der Waals surface area contributed by atoms with Crippen LogP contribution in [0.1, 0.15) is 40.5 Å². The van der Waals surface area contributed by atoms with Gasteiger partial charge >= 0.3 is 0 Å².